The smallest absolute Gasteiger partial charge is 0.205 e. The van der Waals surface area contributed by atoms with Crippen LogP contribution in [0.1, 0.15) is 10.4 Å². The van der Waals surface area contributed by atoms with Crippen molar-refractivity contribution < 1.29 is 13.9 Å². The Morgan fingerprint density at radius 1 is 1.22 bits per heavy atom. The lowest BCUT2D eigenvalue weighted by atomic mass is 10.1. The number of ether oxygens (including phenoxy) is 1. The number of methoxy groups -OCH3 is 1. The number of hydrogen-bond donors (Lipinski definition) is 0. The second-order valence-electron chi connectivity index (χ2n) is 4.81. The van der Waals surface area contributed by atoms with Gasteiger partial charge in [0.15, 0.2) is 5.78 Å². The van der Waals surface area contributed by atoms with Gasteiger partial charge in [0.05, 0.1) is 7.11 Å². The van der Waals surface area contributed by atoms with Crippen LogP contribution in [0.25, 0.3) is 11.4 Å². The molecule has 0 aliphatic heterocycles. The molecule has 0 saturated heterocycles. The molecule has 0 fully saturated rings. The largest absolute Gasteiger partial charge is 0.497 e. The highest BCUT2D eigenvalue weighted by molar-refractivity contribution is 5.95. The third kappa shape index (κ3) is 3.39. The van der Waals surface area contributed by atoms with Gasteiger partial charge in [0.25, 0.3) is 0 Å². The normalized spacial score (nSPS) is 10.5. The zero-order valence-electron chi connectivity index (χ0n) is 12.3. The Hall–Kier alpha value is -3.09. The van der Waals surface area contributed by atoms with Gasteiger partial charge in [-0.05, 0) is 29.5 Å². The molecule has 0 radical (unpaired) electrons. The molecule has 7 heteroatoms. The first kappa shape index (κ1) is 14.8. The predicted molar refractivity (Wildman–Crippen MR) is 80.5 cm³/mol. The minimum absolute atomic E-state index is 0.111. The van der Waals surface area contributed by atoms with E-state index < -0.39 is 5.82 Å². The van der Waals surface area contributed by atoms with Crippen LogP contribution >= 0.6 is 0 Å². The zero-order chi connectivity index (χ0) is 16.2. The van der Waals surface area contributed by atoms with Gasteiger partial charge in [-0.15, -0.1) is 10.2 Å². The van der Waals surface area contributed by atoms with Crippen LogP contribution < -0.4 is 4.74 Å². The van der Waals surface area contributed by atoms with Crippen molar-refractivity contribution in [2.75, 3.05) is 7.11 Å². The highest BCUT2D eigenvalue weighted by Gasteiger charge is 2.12. The van der Waals surface area contributed by atoms with Crippen molar-refractivity contribution in [3.63, 3.8) is 0 Å². The number of ketones is 1. The van der Waals surface area contributed by atoms with Crippen molar-refractivity contribution in [3.05, 3.63) is 59.9 Å². The van der Waals surface area contributed by atoms with Gasteiger partial charge in [-0.25, -0.2) is 4.39 Å². The molecule has 0 saturated carbocycles. The van der Waals surface area contributed by atoms with E-state index in [1.165, 1.54) is 23.0 Å². The highest BCUT2D eigenvalue weighted by atomic mass is 19.1. The molecule has 0 spiro atoms. The summed E-state index contributed by atoms with van der Waals surface area (Å²) < 4.78 is 18.3. The summed E-state index contributed by atoms with van der Waals surface area (Å²) in [6, 6.07) is 12.7. The fourth-order valence-electron chi connectivity index (χ4n) is 2.07. The van der Waals surface area contributed by atoms with E-state index in [4.69, 9.17) is 4.74 Å². The molecule has 2 aromatic carbocycles. The number of hydrogen-bond acceptors (Lipinski definition) is 5. The molecule has 0 aliphatic carbocycles. The Balaban J connectivity index is 1.78. The van der Waals surface area contributed by atoms with Crippen LogP contribution in [0.3, 0.4) is 0 Å². The quantitative estimate of drug-likeness (QED) is 0.676. The molecule has 3 rings (SSSR count). The number of Topliss-reactive ketones (excluding diaryl/α,β-unsaturated/α-hetero) is 1. The number of tetrazole rings is 1. The summed E-state index contributed by atoms with van der Waals surface area (Å²) in [6.45, 7) is -0.111. The predicted octanol–water partition coefficient (Wildman–Crippen LogP) is 2.37. The van der Waals surface area contributed by atoms with Crippen molar-refractivity contribution >= 4 is 5.78 Å². The molecule has 1 heterocycles. The van der Waals surface area contributed by atoms with Gasteiger partial charge in [-0.1, -0.05) is 24.3 Å². The summed E-state index contributed by atoms with van der Waals surface area (Å²) in [7, 11) is 1.57. The summed E-state index contributed by atoms with van der Waals surface area (Å²) in [5.41, 5.74) is 0.999. The number of halogens is 1. The van der Waals surface area contributed by atoms with E-state index in [9.17, 15) is 9.18 Å². The van der Waals surface area contributed by atoms with E-state index in [0.29, 0.717) is 11.6 Å². The fourth-order valence-corrected chi connectivity index (χ4v) is 2.07. The summed E-state index contributed by atoms with van der Waals surface area (Å²) in [6.07, 6.45) is 0. The van der Waals surface area contributed by atoms with Crippen LogP contribution in [0.2, 0.25) is 0 Å². The molecule has 0 amide bonds. The topological polar surface area (TPSA) is 69.9 Å². The maximum Gasteiger partial charge on any atom is 0.205 e. The van der Waals surface area contributed by atoms with Gasteiger partial charge < -0.3 is 4.74 Å². The molecule has 116 valence electrons. The fraction of sp³-hybridized carbons (Fsp3) is 0.125. The Labute approximate surface area is 131 Å². The monoisotopic (exact) mass is 312 g/mol. The van der Waals surface area contributed by atoms with Gasteiger partial charge in [-0.3, -0.25) is 4.79 Å². The number of rotatable bonds is 5. The maximum absolute atomic E-state index is 13.1. The molecule has 23 heavy (non-hydrogen) atoms. The van der Waals surface area contributed by atoms with Crippen molar-refractivity contribution in [2.45, 2.75) is 6.54 Å². The van der Waals surface area contributed by atoms with E-state index in [-0.39, 0.29) is 17.9 Å². The van der Waals surface area contributed by atoms with E-state index in [2.05, 4.69) is 15.4 Å². The molecule has 0 aliphatic rings. The van der Waals surface area contributed by atoms with Gasteiger partial charge in [0, 0.05) is 11.1 Å². The number of aromatic nitrogens is 4. The first-order chi connectivity index (χ1) is 11.2. The standard InChI is InChI=1S/C16H13FN4O2/c1-23-14-7-3-5-12(9-14)16-18-20-21(19-16)10-15(22)11-4-2-6-13(17)8-11/h2-9H,10H2,1H3. The Morgan fingerprint density at radius 3 is 2.83 bits per heavy atom. The third-order valence-corrected chi connectivity index (χ3v) is 3.21. The van der Waals surface area contributed by atoms with Crippen LogP contribution in [0.15, 0.2) is 48.5 Å². The maximum atomic E-state index is 13.1. The Morgan fingerprint density at radius 2 is 2.04 bits per heavy atom. The zero-order valence-corrected chi connectivity index (χ0v) is 12.3. The molecule has 0 atom stereocenters. The van der Waals surface area contributed by atoms with Crippen molar-refractivity contribution in [1.82, 2.24) is 20.2 Å². The molecule has 0 N–H and O–H groups in total. The molecule has 0 unspecified atom stereocenters. The third-order valence-electron chi connectivity index (χ3n) is 3.21. The molecular weight excluding hydrogens is 299 g/mol. The minimum atomic E-state index is -0.459. The number of carbonyl (C=O) groups is 1. The van der Waals surface area contributed by atoms with Crippen LogP contribution in [0.4, 0.5) is 4.39 Å². The lowest BCUT2D eigenvalue weighted by molar-refractivity contribution is 0.0961. The van der Waals surface area contributed by atoms with Crippen LogP contribution in [0.5, 0.6) is 5.75 Å². The molecular formula is C16H13FN4O2. The van der Waals surface area contributed by atoms with E-state index >= 15 is 0 Å². The minimum Gasteiger partial charge on any atom is -0.497 e. The molecule has 3 aromatic rings. The Kier molecular flexibility index (Phi) is 4.09. The van der Waals surface area contributed by atoms with Gasteiger partial charge in [0.2, 0.25) is 5.82 Å². The Bertz CT molecular complexity index is 847. The second kappa shape index (κ2) is 6.35. The van der Waals surface area contributed by atoms with Gasteiger partial charge in [0.1, 0.15) is 18.1 Å². The first-order valence-electron chi connectivity index (χ1n) is 6.87. The summed E-state index contributed by atoms with van der Waals surface area (Å²) in [4.78, 5) is 13.3. The first-order valence-corrected chi connectivity index (χ1v) is 6.87. The lowest BCUT2D eigenvalue weighted by Gasteiger charge is -2.01. The SMILES string of the molecule is COc1cccc(-c2nnn(CC(=O)c3cccc(F)c3)n2)c1. The average molecular weight is 312 g/mol. The summed E-state index contributed by atoms with van der Waals surface area (Å²) in [5.74, 6) is 0.309. The van der Waals surface area contributed by atoms with Crippen LogP contribution in [0, 0.1) is 5.82 Å². The lowest BCUT2D eigenvalue weighted by Crippen LogP contribution is -2.13. The van der Waals surface area contributed by atoms with Crippen LogP contribution in [-0.2, 0) is 6.54 Å². The van der Waals surface area contributed by atoms with Gasteiger partial charge in [-0.2, -0.15) is 4.80 Å². The van der Waals surface area contributed by atoms with Crippen LogP contribution in [-0.4, -0.2) is 33.1 Å². The van der Waals surface area contributed by atoms with E-state index in [1.807, 2.05) is 12.1 Å². The van der Waals surface area contributed by atoms with Gasteiger partial charge >= 0.3 is 0 Å². The number of carbonyl (C=O) groups excluding carboxylic acids is 1. The molecule has 0 bridgehead atoms. The summed E-state index contributed by atoms with van der Waals surface area (Å²) >= 11 is 0. The van der Waals surface area contributed by atoms with E-state index in [1.54, 1.807) is 25.3 Å². The summed E-state index contributed by atoms with van der Waals surface area (Å²) in [5, 5.41) is 12.0. The highest BCUT2D eigenvalue weighted by Crippen LogP contribution is 2.19. The molecule has 6 nitrogen and oxygen atoms in total. The molecule has 1 aromatic heterocycles. The van der Waals surface area contributed by atoms with Crippen molar-refractivity contribution in [1.29, 1.82) is 0 Å². The average Bonchev–Trinajstić information content (AvgIpc) is 3.03. The number of nitrogens with zero attached hydrogens (tertiary/aromatic N) is 4. The second-order valence-corrected chi connectivity index (χ2v) is 4.81. The van der Waals surface area contributed by atoms with Crippen molar-refractivity contribution in [3.8, 4) is 17.1 Å². The van der Waals surface area contributed by atoms with Crippen molar-refractivity contribution in [2.24, 2.45) is 0 Å². The number of benzene rings is 2. The van der Waals surface area contributed by atoms with E-state index in [0.717, 1.165) is 5.56 Å².